The van der Waals surface area contributed by atoms with Crippen molar-refractivity contribution in [3.63, 3.8) is 0 Å². The third kappa shape index (κ3) is 4.68. The van der Waals surface area contributed by atoms with Gasteiger partial charge in [-0.05, 0) is 61.4 Å². The van der Waals surface area contributed by atoms with E-state index in [0.717, 1.165) is 11.1 Å². The molecule has 0 saturated heterocycles. The van der Waals surface area contributed by atoms with Crippen LogP contribution in [0.1, 0.15) is 32.0 Å². The highest BCUT2D eigenvalue weighted by molar-refractivity contribution is 6.32. The summed E-state index contributed by atoms with van der Waals surface area (Å²) in [4.78, 5) is 28.7. The number of hydrogen-bond donors (Lipinski definition) is 2. The zero-order chi connectivity index (χ0) is 20.3. The molecule has 28 heavy (non-hydrogen) atoms. The van der Waals surface area contributed by atoms with Crippen LogP contribution in [-0.4, -0.2) is 16.8 Å². The van der Waals surface area contributed by atoms with Crippen molar-refractivity contribution in [2.24, 2.45) is 0 Å². The number of amides is 2. The topological polar surface area (TPSA) is 71.1 Å². The number of aryl methyl sites for hydroxylation is 2. The molecule has 0 aliphatic carbocycles. The molecule has 0 bridgehead atoms. The lowest BCUT2D eigenvalue weighted by molar-refractivity contribution is 0.101. The molecule has 0 aliphatic heterocycles. The maximum absolute atomic E-state index is 12.3. The predicted molar refractivity (Wildman–Crippen MR) is 113 cm³/mol. The van der Waals surface area contributed by atoms with E-state index in [9.17, 15) is 9.59 Å². The van der Waals surface area contributed by atoms with E-state index in [0.29, 0.717) is 27.0 Å². The molecule has 2 N–H and O–H groups in total. The quantitative estimate of drug-likeness (QED) is 0.592. The van der Waals surface area contributed by atoms with Gasteiger partial charge in [0, 0.05) is 27.6 Å². The second kappa shape index (κ2) is 8.42. The molecule has 0 spiro atoms. The molecule has 2 amide bonds. The number of carbonyl (C=O) groups excluding carboxylic acids is 2. The van der Waals surface area contributed by atoms with Crippen molar-refractivity contribution in [1.29, 1.82) is 0 Å². The van der Waals surface area contributed by atoms with E-state index in [1.165, 1.54) is 18.3 Å². The van der Waals surface area contributed by atoms with Crippen LogP contribution in [0.25, 0.3) is 0 Å². The van der Waals surface area contributed by atoms with Crippen molar-refractivity contribution < 1.29 is 9.59 Å². The van der Waals surface area contributed by atoms with Crippen molar-refractivity contribution in [2.45, 2.75) is 13.8 Å². The van der Waals surface area contributed by atoms with Crippen molar-refractivity contribution in [3.05, 3.63) is 87.2 Å². The maximum Gasteiger partial charge on any atom is 0.274 e. The summed E-state index contributed by atoms with van der Waals surface area (Å²) in [6.07, 6.45) is 1.35. The van der Waals surface area contributed by atoms with E-state index in [-0.39, 0.29) is 11.6 Å². The Hall–Kier alpha value is -2.89. The van der Waals surface area contributed by atoms with Gasteiger partial charge in [0.05, 0.1) is 5.56 Å². The number of nitrogens with zero attached hydrogens (tertiary/aromatic N) is 1. The van der Waals surface area contributed by atoms with Gasteiger partial charge in [-0.25, -0.2) is 0 Å². The molecule has 3 aromatic rings. The number of benzene rings is 2. The highest BCUT2D eigenvalue weighted by Crippen LogP contribution is 2.21. The number of anilines is 2. The van der Waals surface area contributed by atoms with E-state index >= 15 is 0 Å². The number of hydrogen-bond acceptors (Lipinski definition) is 3. The van der Waals surface area contributed by atoms with Gasteiger partial charge in [0.1, 0.15) is 5.69 Å². The van der Waals surface area contributed by atoms with Crippen LogP contribution < -0.4 is 10.6 Å². The maximum atomic E-state index is 12.3. The fourth-order valence-electron chi connectivity index (χ4n) is 2.40. The molecule has 0 unspecified atom stereocenters. The van der Waals surface area contributed by atoms with Crippen molar-refractivity contribution in [3.8, 4) is 0 Å². The normalized spacial score (nSPS) is 10.4. The molecule has 2 aromatic carbocycles. The number of nitrogens with one attached hydrogen (secondary N) is 2. The summed E-state index contributed by atoms with van der Waals surface area (Å²) in [6, 6.07) is 13.5. The molecule has 0 aliphatic rings. The average molecular weight is 414 g/mol. The molecule has 0 fully saturated rings. The van der Waals surface area contributed by atoms with Crippen LogP contribution >= 0.6 is 23.2 Å². The van der Waals surface area contributed by atoms with E-state index in [1.54, 1.807) is 24.3 Å². The minimum atomic E-state index is -0.391. The first kappa shape index (κ1) is 19.9. The largest absolute Gasteiger partial charge is 0.322 e. The van der Waals surface area contributed by atoms with E-state index in [4.69, 9.17) is 23.2 Å². The Balaban J connectivity index is 1.67. The first-order valence-corrected chi connectivity index (χ1v) is 9.20. The lowest BCUT2D eigenvalue weighted by Crippen LogP contribution is -2.16. The lowest BCUT2D eigenvalue weighted by Gasteiger charge is -2.08. The third-order valence-electron chi connectivity index (χ3n) is 4.12. The summed E-state index contributed by atoms with van der Waals surface area (Å²) in [5.41, 5.74) is 3.51. The number of halogens is 2. The summed E-state index contributed by atoms with van der Waals surface area (Å²) < 4.78 is 0. The highest BCUT2D eigenvalue weighted by Gasteiger charge is 2.12. The molecule has 0 atom stereocenters. The van der Waals surface area contributed by atoms with Gasteiger partial charge in [-0.1, -0.05) is 35.3 Å². The van der Waals surface area contributed by atoms with Gasteiger partial charge in [0.15, 0.2) is 0 Å². The van der Waals surface area contributed by atoms with Crippen molar-refractivity contribution in [2.75, 3.05) is 10.6 Å². The summed E-state index contributed by atoms with van der Waals surface area (Å²) in [7, 11) is 0. The molecule has 7 heteroatoms. The second-order valence-electron chi connectivity index (χ2n) is 6.27. The smallest absolute Gasteiger partial charge is 0.274 e. The molecule has 0 saturated carbocycles. The SMILES string of the molecule is Cc1ccc(NC(=O)c2ccc(C(=O)Nc3ccc(C)c(Cl)c3)nc2)cc1Cl. The van der Waals surface area contributed by atoms with Crippen LogP contribution in [0.3, 0.4) is 0 Å². The lowest BCUT2D eigenvalue weighted by atomic mass is 10.2. The van der Waals surface area contributed by atoms with Gasteiger partial charge in [-0.3, -0.25) is 14.6 Å². The van der Waals surface area contributed by atoms with Crippen LogP contribution in [0, 0.1) is 13.8 Å². The van der Waals surface area contributed by atoms with Gasteiger partial charge in [-0.15, -0.1) is 0 Å². The molecule has 5 nitrogen and oxygen atoms in total. The molecule has 3 rings (SSSR count). The van der Waals surface area contributed by atoms with Crippen LogP contribution in [0.5, 0.6) is 0 Å². The predicted octanol–water partition coefficient (Wildman–Crippen LogP) is 5.51. The van der Waals surface area contributed by atoms with Crippen LogP contribution in [0.4, 0.5) is 11.4 Å². The number of pyridine rings is 1. The fraction of sp³-hybridized carbons (Fsp3) is 0.0952. The Kier molecular flexibility index (Phi) is 5.97. The molecule has 0 radical (unpaired) electrons. The van der Waals surface area contributed by atoms with E-state index in [2.05, 4.69) is 15.6 Å². The minimum absolute atomic E-state index is 0.187. The van der Waals surface area contributed by atoms with Gasteiger partial charge in [-0.2, -0.15) is 0 Å². The van der Waals surface area contributed by atoms with Crippen molar-refractivity contribution in [1.82, 2.24) is 4.98 Å². The van der Waals surface area contributed by atoms with Crippen LogP contribution in [-0.2, 0) is 0 Å². The zero-order valence-electron chi connectivity index (χ0n) is 15.2. The molecule has 1 aromatic heterocycles. The standard InChI is InChI=1S/C21H17Cl2N3O2/c1-12-3-6-15(9-17(12)22)25-20(27)14-5-8-19(24-11-14)21(28)26-16-7-4-13(2)18(23)10-16/h3-11H,1-2H3,(H,25,27)(H,26,28). The zero-order valence-corrected chi connectivity index (χ0v) is 16.7. The van der Waals surface area contributed by atoms with Gasteiger partial charge in [0.2, 0.25) is 0 Å². The first-order valence-electron chi connectivity index (χ1n) is 8.44. The van der Waals surface area contributed by atoms with Crippen molar-refractivity contribution >= 4 is 46.4 Å². The van der Waals surface area contributed by atoms with E-state index < -0.39 is 5.91 Å². The van der Waals surface area contributed by atoms with Crippen LogP contribution in [0.15, 0.2) is 54.7 Å². The molecule has 1 heterocycles. The van der Waals surface area contributed by atoms with Gasteiger partial charge < -0.3 is 10.6 Å². The van der Waals surface area contributed by atoms with Gasteiger partial charge in [0.25, 0.3) is 11.8 Å². The molecular formula is C21H17Cl2N3O2. The summed E-state index contributed by atoms with van der Waals surface area (Å²) >= 11 is 12.1. The molecular weight excluding hydrogens is 397 g/mol. The Morgan fingerprint density at radius 1 is 0.786 bits per heavy atom. The minimum Gasteiger partial charge on any atom is -0.322 e. The second-order valence-corrected chi connectivity index (χ2v) is 7.08. The Morgan fingerprint density at radius 3 is 1.79 bits per heavy atom. The molecule has 142 valence electrons. The summed E-state index contributed by atoms with van der Waals surface area (Å²) in [5, 5.41) is 6.61. The monoisotopic (exact) mass is 413 g/mol. The first-order chi connectivity index (χ1) is 13.3. The fourth-order valence-corrected chi connectivity index (χ4v) is 2.76. The van der Waals surface area contributed by atoms with Gasteiger partial charge >= 0.3 is 0 Å². The Bertz CT molecular complexity index is 966. The number of aromatic nitrogens is 1. The number of carbonyl (C=O) groups is 2. The highest BCUT2D eigenvalue weighted by atomic mass is 35.5. The summed E-state index contributed by atoms with van der Waals surface area (Å²) in [5.74, 6) is -0.734. The average Bonchev–Trinajstić information content (AvgIpc) is 2.67. The summed E-state index contributed by atoms with van der Waals surface area (Å²) in [6.45, 7) is 3.76. The van der Waals surface area contributed by atoms with Crippen LogP contribution in [0.2, 0.25) is 10.0 Å². The number of rotatable bonds is 4. The third-order valence-corrected chi connectivity index (χ3v) is 4.93. The Morgan fingerprint density at radius 2 is 1.32 bits per heavy atom. The Labute approximate surface area is 172 Å². The van der Waals surface area contributed by atoms with E-state index in [1.807, 2.05) is 26.0 Å².